The van der Waals surface area contributed by atoms with Crippen molar-refractivity contribution < 1.29 is 33.3 Å². The maximum atomic E-state index is 12.1. The van der Waals surface area contributed by atoms with Crippen LogP contribution in [-0.4, -0.2) is 44.2 Å². The van der Waals surface area contributed by atoms with Crippen LogP contribution in [0.25, 0.3) is 6.08 Å². The van der Waals surface area contributed by atoms with E-state index in [-0.39, 0.29) is 6.61 Å². The van der Waals surface area contributed by atoms with Gasteiger partial charge in [-0.1, -0.05) is 30.3 Å². The minimum Gasteiger partial charge on any atom is -0.496 e. The van der Waals surface area contributed by atoms with E-state index in [1.165, 1.54) is 19.3 Å². The highest BCUT2D eigenvalue weighted by molar-refractivity contribution is 5.90. The molecule has 0 unspecified atom stereocenters. The molecule has 1 atom stereocenters. The first kappa shape index (κ1) is 20.7. The van der Waals surface area contributed by atoms with Crippen LogP contribution < -0.4 is 25.1 Å². The Morgan fingerprint density at radius 3 is 2.60 bits per heavy atom. The number of carbonyl (C=O) groups is 3. The van der Waals surface area contributed by atoms with E-state index < -0.39 is 30.5 Å². The Bertz CT molecular complexity index is 958. The summed E-state index contributed by atoms with van der Waals surface area (Å²) in [5.74, 6) is -0.453. The summed E-state index contributed by atoms with van der Waals surface area (Å²) < 4.78 is 21.0. The molecule has 2 amide bonds. The minimum absolute atomic E-state index is 0.00143. The van der Waals surface area contributed by atoms with Crippen LogP contribution in [-0.2, 0) is 19.1 Å². The molecular formula is C21H20N2O7. The van der Waals surface area contributed by atoms with Crippen molar-refractivity contribution in [1.29, 1.82) is 0 Å². The Labute approximate surface area is 172 Å². The smallest absolute Gasteiger partial charge is 0.331 e. The van der Waals surface area contributed by atoms with Gasteiger partial charge in [-0.3, -0.25) is 20.4 Å². The van der Waals surface area contributed by atoms with Gasteiger partial charge in [0.2, 0.25) is 6.10 Å². The number of esters is 1. The lowest BCUT2D eigenvalue weighted by Gasteiger charge is -2.25. The van der Waals surface area contributed by atoms with E-state index in [2.05, 4.69) is 10.9 Å². The Morgan fingerprint density at radius 2 is 1.80 bits per heavy atom. The average molecular weight is 412 g/mol. The molecule has 3 rings (SSSR count). The topological polar surface area (TPSA) is 112 Å². The van der Waals surface area contributed by atoms with Crippen molar-refractivity contribution in [2.24, 2.45) is 0 Å². The van der Waals surface area contributed by atoms with Crippen molar-refractivity contribution in [1.82, 2.24) is 10.9 Å². The molecule has 0 saturated carbocycles. The lowest BCUT2D eigenvalue weighted by Crippen LogP contribution is -2.51. The van der Waals surface area contributed by atoms with Crippen LogP contribution in [0.4, 0.5) is 0 Å². The Kier molecular flexibility index (Phi) is 6.88. The first-order chi connectivity index (χ1) is 14.6. The van der Waals surface area contributed by atoms with E-state index >= 15 is 0 Å². The van der Waals surface area contributed by atoms with E-state index in [9.17, 15) is 14.4 Å². The van der Waals surface area contributed by atoms with Gasteiger partial charge in [-0.25, -0.2) is 4.79 Å². The molecule has 9 heteroatoms. The van der Waals surface area contributed by atoms with Gasteiger partial charge in [-0.05, 0) is 24.3 Å². The summed E-state index contributed by atoms with van der Waals surface area (Å²) in [4.78, 5) is 35.7. The number of fused-ring (bicyclic) bond motifs is 1. The van der Waals surface area contributed by atoms with E-state index in [4.69, 9.17) is 18.9 Å². The van der Waals surface area contributed by atoms with Crippen LogP contribution in [0.15, 0.2) is 54.6 Å². The van der Waals surface area contributed by atoms with Crippen molar-refractivity contribution in [3.8, 4) is 17.2 Å². The van der Waals surface area contributed by atoms with Crippen molar-refractivity contribution in [3.63, 3.8) is 0 Å². The van der Waals surface area contributed by atoms with Crippen LogP contribution in [0.2, 0.25) is 0 Å². The second kappa shape index (κ2) is 9.97. The molecule has 156 valence electrons. The lowest BCUT2D eigenvalue weighted by atomic mass is 10.2. The van der Waals surface area contributed by atoms with Crippen molar-refractivity contribution in [2.45, 2.75) is 6.10 Å². The molecule has 0 saturated heterocycles. The third-order valence-corrected chi connectivity index (χ3v) is 4.01. The van der Waals surface area contributed by atoms with Crippen molar-refractivity contribution in [3.05, 3.63) is 60.2 Å². The van der Waals surface area contributed by atoms with Gasteiger partial charge >= 0.3 is 5.97 Å². The predicted octanol–water partition coefficient (Wildman–Crippen LogP) is 1.24. The van der Waals surface area contributed by atoms with Crippen molar-refractivity contribution >= 4 is 23.9 Å². The SMILES string of the molecule is COc1ccccc1/C=C/C(=O)OCC(=O)NNC(=O)[C@H]1COc2ccccc2O1. The summed E-state index contributed by atoms with van der Waals surface area (Å²) in [7, 11) is 1.52. The standard InChI is InChI=1S/C21H20N2O7/c1-27-15-7-3-2-6-14(15)10-11-20(25)29-13-19(24)22-23-21(26)18-12-28-16-8-4-5-9-17(16)30-18/h2-11,18H,12-13H2,1H3,(H,22,24)(H,23,26)/b11-10+/t18-/m1/s1. The average Bonchev–Trinajstić information content (AvgIpc) is 2.79. The number of carbonyl (C=O) groups excluding carboxylic acids is 3. The Hall–Kier alpha value is -4.01. The number of nitrogens with one attached hydrogen (secondary N) is 2. The van der Waals surface area contributed by atoms with Crippen LogP contribution in [0.1, 0.15) is 5.56 Å². The van der Waals surface area contributed by atoms with E-state index in [1.807, 2.05) is 0 Å². The highest BCUT2D eigenvalue weighted by Crippen LogP contribution is 2.30. The summed E-state index contributed by atoms with van der Waals surface area (Å²) in [5.41, 5.74) is 5.05. The van der Waals surface area contributed by atoms with E-state index in [1.54, 1.807) is 48.5 Å². The highest BCUT2D eigenvalue weighted by atomic mass is 16.6. The number of hydrogen-bond donors (Lipinski definition) is 2. The fourth-order valence-electron chi connectivity index (χ4n) is 2.54. The monoisotopic (exact) mass is 412 g/mol. The van der Waals surface area contributed by atoms with E-state index in [0.717, 1.165) is 0 Å². The fourth-order valence-corrected chi connectivity index (χ4v) is 2.54. The minimum atomic E-state index is -0.925. The number of para-hydroxylation sites is 3. The van der Waals surface area contributed by atoms with Gasteiger partial charge in [0.15, 0.2) is 18.1 Å². The molecule has 1 aliphatic rings. The lowest BCUT2D eigenvalue weighted by molar-refractivity contribution is -0.145. The van der Waals surface area contributed by atoms with Gasteiger partial charge in [0.25, 0.3) is 11.8 Å². The Morgan fingerprint density at radius 1 is 1.07 bits per heavy atom. The molecule has 9 nitrogen and oxygen atoms in total. The largest absolute Gasteiger partial charge is 0.496 e. The van der Waals surface area contributed by atoms with Gasteiger partial charge in [-0.2, -0.15) is 0 Å². The molecule has 2 aromatic rings. The van der Waals surface area contributed by atoms with Crippen LogP contribution >= 0.6 is 0 Å². The maximum absolute atomic E-state index is 12.1. The molecule has 0 aliphatic carbocycles. The van der Waals surface area contributed by atoms with Gasteiger partial charge < -0.3 is 18.9 Å². The first-order valence-corrected chi connectivity index (χ1v) is 9.02. The first-order valence-electron chi connectivity index (χ1n) is 9.02. The molecule has 0 spiro atoms. The van der Waals surface area contributed by atoms with Gasteiger partial charge in [0.05, 0.1) is 7.11 Å². The summed E-state index contributed by atoms with van der Waals surface area (Å²) in [6.07, 6.45) is 1.76. The summed E-state index contributed by atoms with van der Waals surface area (Å²) in [6.45, 7) is -0.568. The number of rotatable bonds is 6. The molecular weight excluding hydrogens is 392 g/mol. The number of ether oxygens (including phenoxy) is 4. The summed E-state index contributed by atoms with van der Waals surface area (Å²) in [5, 5.41) is 0. The third kappa shape index (κ3) is 5.51. The number of benzene rings is 2. The van der Waals surface area contributed by atoms with E-state index in [0.29, 0.717) is 22.8 Å². The second-order valence-corrected chi connectivity index (χ2v) is 6.08. The molecule has 2 aromatic carbocycles. The molecule has 2 N–H and O–H groups in total. The summed E-state index contributed by atoms with van der Waals surface area (Å²) in [6, 6.07) is 14.0. The number of amides is 2. The molecule has 0 aromatic heterocycles. The zero-order valence-corrected chi connectivity index (χ0v) is 16.1. The zero-order valence-electron chi connectivity index (χ0n) is 16.1. The van der Waals surface area contributed by atoms with Crippen LogP contribution in [0.3, 0.4) is 0 Å². The highest BCUT2D eigenvalue weighted by Gasteiger charge is 2.27. The Balaban J connectivity index is 1.40. The van der Waals surface area contributed by atoms with Crippen LogP contribution in [0, 0.1) is 0 Å². The quantitative estimate of drug-likeness (QED) is 0.417. The molecule has 1 heterocycles. The molecule has 0 radical (unpaired) electrons. The third-order valence-electron chi connectivity index (χ3n) is 4.01. The normalized spacial score (nSPS) is 14.6. The number of methoxy groups -OCH3 is 1. The fraction of sp³-hybridized carbons (Fsp3) is 0.190. The second-order valence-electron chi connectivity index (χ2n) is 6.08. The van der Waals surface area contributed by atoms with Gasteiger partial charge in [-0.15, -0.1) is 0 Å². The molecule has 30 heavy (non-hydrogen) atoms. The molecule has 1 aliphatic heterocycles. The predicted molar refractivity (Wildman–Crippen MR) is 106 cm³/mol. The maximum Gasteiger partial charge on any atom is 0.331 e. The van der Waals surface area contributed by atoms with Gasteiger partial charge in [0.1, 0.15) is 12.4 Å². The number of hydrogen-bond acceptors (Lipinski definition) is 7. The van der Waals surface area contributed by atoms with Crippen molar-refractivity contribution in [2.75, 3.05) is 20.3 Å². The molecule has 0 bridgehead atoms. The molecule has 0 fully saturated rings. The zero-order chi connectivity index (χ0) is 21.3. The van der Waals surface area contributed by atoms with Crippen LogP contribution in [0.5, 0.6) is 17.2 Å². The summed E-state index contributed by atoms with van der Waals surface area (Å²) >= 11 is 0. The van der Waals surface area contributed by atoms with Gasteiger partial charge in [0, 0.05) is 11.6 Å². The number of hydrazine groups is 1.